The quantitative estimate of drug-likeness (QED) is 0.717. The van der Waals surface area contributed by atoms with Gasteiger partial charge in [0.15, 0.2) is 0 Å². The summed E-state index contributed by atoms with van der Waals surface area (Å²) in [4.78, 5) is 7.78. The van der Waals surface area contributed by atoms with Crippen molar-refractivity contribution < 1.29 is 0 Å². The number of aromatic amines is 1. The van der Waals surface area contributed by atoms with Crippen LogP contribution in [-0.4, -0.2) is 9.97 Å². The summed E-state index contributed by atoms with van der Waals surface area (Å²) >= 11 is 5.13. The number of H-pyrrole nitrogens is 1. The molecule has 3 aromatic rings. The van der Waals surface area contributed by atoms with E-state index in [0.717, 1.165) is 26.4 Å². The van der Waals surface area contributed by atoms with E-state index in [2.05, 4.69) is 55.6 Å². The van der Waals surface area contributed by atoms with Crippen LogP contribution in [0.15, 0.2) is 34.1 Å². The third kappa shape index (κ3) is 2.40. The van der Waals surface area contributed by atoms with E-state index in [9.17, 15) is 0 Å². The van der Waals surface area contributed by atoms with Gasteiger partial charge < -0.3 is 4.98 Å². The Morgan fingerprint density at radius 1 is 1.28 bits per heavy atom. The van der Waals surface area contributed by atoms with Crippen molar-refractivity contribution >= 4 is 50.3 Å². The largest absolute Gasteiger partial charge is 0.355 e. The molecule has 0 atom stereocenters. The number of nitrogens with one attached hydrogen (secondary N) is 1. The fraction of sp³-hybridized carbons (Fsp3) is 0.0714. The Morgan fingerprint density at radius 3 is 2.94 bits per heavy atom. The van der Waals surface area contributed by atoms with Crippen LogP contribution >= 0.6 is 27.3 Å². The molecule has 0 saturated carbocycles. The summed E-state index contributed by atoms with van der Waals surface area (Å²) in [6, 6.07) is 8.37. The zero-order chi connectivity index (χ0) is 12.5. The SMILES string of the molecule is Cc1csc(C=Cc2cc3ccc(Br)cc3[nH]2)n1. The number of fused-ring (bicyclic) bond motifs is 1. The van der Waals surface area contributed by atoms with Crippen molar-refractivity contribution in [3.8, 4) is 0 Å². The molecule has 1 aromatic carbocycles. The smallest absolute Gasteiger partial charge is 0.116 e. The average Bonchev–Trinajstić information content (AvgIpc) is 2.92. The first-order chi connectivity index (χ1) is 8.70. The number of aryl methyl sites for hydroxylation is 1. The first-order valence-corrected chi connectivity index (χ1v) is 7.26. The van der Waals surface area contributed by atoms with Gasteiger partial charge in [-0.25, -0.2) is 4.98 Å². The van der Waals surface area contributed by atoms with E-state index in [-0.39, 0.29) is 0 Å². The fourth-order valence-corrected chi connectivity index (χ4v) is 2.87. The van der Waals surface area contributed by atoms with E-state index in [0.29, 0.717) is 0 Å². The van der Waals surface area contributed by atoms with Crippen LogP contribution in [0, 0.1) is 6.92 Å². The molecule has 0 unspecified atom stereocenters. The number of hydrogen-bond acceptors (Lipinski definition) is 2. The number of hydrogen-bond donors (Lipinski definition) is 1. The van der Waals surface area contributed by atoms with Crippen molar-refractivity contribution in [3.63, 3.8) is 0 Å². The minimum Gasteiger partial charge on any atom is -0.355 e. The van der Waals surface area contributed by atoms with Crippen molar-refractivity contribution in [2.24, 2.45) is 0 Å². The van der Waals surface area contributed by atoms with Gasteiger partial charge >= 0.3 is 0 Å². The van der Waals surface area contributed by atoms with Gasteiger partial charge in [0.2, 0.25) is 0 Å². The molecule has 0 amide bonds. The summed E-state index contributed by atoms with van der Waals surface area (Å²) in [6.07, 6.45) is 4.10. The Balaban J connectivity index is 1.93. The molecule has 0 aliphatic heterocycles. The molecule has 1 N–H and O–H groups in total. The van der Waals surface area contributed by atoms with Gasteiger partial charge in [-0.3, -0.25) is 0 Å². The highest BCUT2D eigenvalue weighted by atomic mass is 79.9. The number of nitrogens with zero attached hydrogens (tertiary/aromatic N) is 1. The van der Waals surface area contributed by atoms with Crippen molar-refractivity contribution in [2.75, 3.05) is 0 Å². The maximum Gasteiger partial charge on any atom is 0.116 e. The second kappa shape index (κ2) is 4.71. The Kier molecular flexibility index (Phi) is 3.06. The van der Waals surface area contributed by atoms with Gasteiger partial charge in [-0.1, -0.05) is 22.0 Å². The summed E-state index contributed by atoms with van der Waals surface area (Å²) in [5.41, 5.74) is 3.30. The maximum atomic E-state index is 4.40. The molecule has 2 heterocycles. The molecule has 2 aromatic heterocycles. The van der Waals surface area contributed by atoms with E-state index in [4.69, 9.17) is 0 Å². The Morgan fingerprint density at radius 2 is 2.17 bits per heavy atom. The van der Waals surface area contributed by atoms with Crippen LogP contribution in [-0.2, 0) is 0 Å². The van der Waals surface area contributed by atoms with E-state index in [1.807, 2.05) is 19.1 Å². The van der Waals surface area contributed by atoms with Crippen LogP contribution in [0.5, 0.6) is 0 Å². The average molecular weight is 319 g/mol. The fourth-order valence-electron chi connectivity index (χ4n) is 1.82. The molecule has 0 aliphatic rings. The normalized spacial score (nSPS) is 11.7. The highest BCUT2D eigenvalue weighted by Gasteiger charge is 1.99. The molecule has 4 heteroatoms. The summed E-state index contributed by atoms with van der Waals surface area (Å²) < 4.78 is 1.09. The summed E-state index contributed by atoms with van der Waals surface area (Å²) in [7, 11) is 0. The van der Waals surface area contributed by atoms with E-state index in [1.54, 1.807) is 11.3 Å². The Bertz CT molecular complexity index is 724. The van der Waals surface area contributed by atoms with Gasteiger partial charge in [-0.15, -0.1) is 11.3 Å². The lowest BCUT2D eigenvalue weighted by Crippen LogP contribution is -1.72. The predicted octanol–water partition coefficient (Wildman–Crippen LogP) is 4.87. The zero-order valence-corrected chi connectivity index (χ0v) is 12.2. The molecule has 0 fully saturated rings. The first-order valence-electron chi connectivity index (χ1n) is 5.59. The van der Waals surface area contributed by atoms with Crippen LogP contribution in [0.2, 0.25) is 0 Å². The van der Waals surface area contributed by atoms with Crippen LogP contribution < -0.4 is 0 Å². The second-order valence-electron chi connectivity index (χ2n) is 4.12. The number of rotatable bonds is 2. The summed E-state index contributed by atoms with van der Waals surface area (Å²) in [5.74, 6) is 0. The lowest BCUT2D eigenvalue weighted by molar-refractivity contribution is 1.25. The lowest BCUT2D eigenvalue weighted by Gasteiger charge is -1.89. The third-order valence-corrected chi connectivity index (χ3v) is 4.07. The minimum atomic E-state index is 1.03. The molecule has 0 aliphatic carbocycles. The standard InChI is InChI=1S/C14H11BrN2S/c1-9-8-18-14(16-9)5-4-12-6-10-2-3-11(15)7-13(10)17-12/h2-8,17H,1H3. The Hall–Kier alpha value is -1.39. The monoisotopic (exact) mass is 318 g/mol. The molecule has 2 nitrogen and oxygen atoms in total. The highest BCUT2D eigenvalue weighted by molar-refractivity contribution is 9.10. The molecule has 90 valence electrons. The van der Waals surface area contributed by atoms with Gasteiger partial charge in [-0.2, -0.15) is 0 Å². The zero-order valence-electron chi connectivity index (χ0n) is 9.77. The van der Waals surface area contributed by atoms with Crippen molar-refractivity contribution in [1.82, 2.24) is 9.97 Å². The van der Waals surface area contributed by atoms with Gasteiger partial charge in [0.1, 0.15) is 5.01 Å². The van der Waals surface area contributed by atoms with Gasteiger partial charge in [0, 0.05) is 32.1 Å². The lowest BCUT2D eigenvalue weighted by atomic mass is 10.2. The van der Waals surface area contributed by atoms with Crippen molar-refractivity contribution in [2.45, 2.75) is 6.92 Å². The second-order valence-corrected chi connectivity index (χ2v) is 5.92. The van der Waals surface area contributed by atoms with Crippen LogP contribution in [0.1, 0.15) is 16.4 Å². The predicted molar refractivity (Wildman–Crippen MR) is 81.8 cm³/mol. The third-order valence-electron chi connectivity index (χ3n) is 2.65. The number of halogens is 1. The molecule has 0 bridgehead atoms. The Labute approximate surface area is 118 Å². The van der Waals surface area contributed by atoms with Crippen LogP contribution in [0.4, 0.5) is 0 Å². The van der Waals surface area contributed by atoms with E-state index >= 15 is 0 Å². The van der Waals surface area contributed by atoms with Gasteiger partial charge in [-0.05, 0) is 37.3 Å². The maximum absolute atomic E-state index is 4.40. The molecule has 18 heavy (non-hydrogen) atoms. The van der Waals surface area contributed by atoms with E-state index < -0.39 is 0 Å². The summed E-state index contributed by atoms with van der Waals surface area (Å²) in [5, 5.41) is 4.31. The molecular weight excluding hydrogens is 308 g/mol. The van der Waals surface area contributed by atoms with Gasteiger partial charge in [0.05, 0.1) is 0 Å². The molecule has 0 saturated heterocycles. The van der Waals surface area contributed by atoms with Crippen molar-refractivity contribution in [1.29, 1.82) is 0 Å². The molecular formula is C14H11BrN2S. The molecule has 3 rings (SSSR count). The van der Waals surface area contributed by atoms with Crippen LogP contribution in [0.3, 0.4) is 0 Å². The first kappa shape index (κ1) is 11.7. The molecule has 0 radical (unpaired) electrons. The number of aromatic nitrogens is 2. The highest BCUT2D eigenvalue weighted by Crippen LogP contribution is 2.21. The van der Waals surface area contributed by atoms with Gasteiger partial charge in [0.25, 0.3) is 0 Å². The minimum absolute atomic E-state index is 1.03. The van der Waals surface area contributed by atoms with E-state index in [1.165, 1.54) is 5.39 Å². The molecule has 0 spiro atoms. The topological polar surface area (TPSA) is 28.7 Å². The van der Waals surface area contributed by atoms with Crippen LogP contribution in [0.25, 0.3) is 23.1 Å². The van der Waals surface area contributed by atoms with Crippen molar-refractivity contribution in [3.05, 3.63) is 50.5 Å². The number of benzene rings is 1. The summed E-state index contributed by atoms with van der Waals surface area (Å²) in [6.45, 7) is 2.01. The number of thiazole rings is 1.